The van der Waals surface area contributed by atoms with Gasteiger partial charge in [-0.25, -0.2) is 4.68 Å². The first-order chi connectivity index (χ1) is 19.3. The molecule has 0 radical (unpaired) electrons. The summed E-state index contributed by atoms with van der Waals surface area (Å²) in [6, 6.07) is 17.6. The first-order valence-corrected chi connectivity index (χ1v) is 12.2. The van der Waals surface area contributed by atoms with Crippen molar-refractivity contribution in [3.05, 3.63) is 93.7 Å². The Morgan fingerprint density at radius 1 is 0.975 bits per heavy atom. The molecule has 1 aromatic heterocycles. The molecule has 0 bridgehead atoms. The van der Waals surface area contributed by atoms with E-state index < -0.39 is 16.9 Å². The lowest BCUT2D eigenvalue weighted by molar-refractivity contribution is -0.384. The van der Waals surface area contributed by atoms with Crippen molar-refractivity contribution in [1.29, 1.82) is 0 Å². The number of aromatic nitrogens is 3. The third-order valence-corrected chi connectivity index (χ3v) is 6.49. The summed E-state index contributed by atoms with van der Waals surface area (Å²) in [5.74, 6) is 1.84. The van der Waals surface area contributed by atoms with E-state index in [1.807, 2.05) is 0 Å². The molecular formula is C28H26N6O6. The first kappa shape index (κ1) is 26.2. The van der Waals surface area contributed by atoms with E-state index >= 15 is 0 Å². The molecule has 3 aromatic carbocycles. The molecule has 2 N–H and O–H groups in total. The Bertz CT molecular complexity index is 1650. The van der Waals surface area contributed by atoms with Crippen LogP contribution in [0.4, 0.5) is 17.3 Å². The van der Waals surface area contributed by atoms with Crippen LogP contribution in [0.15, 0.2) is 78.0 Å². The quantitative estimate of drug-likeness (QED) is 0.237. The average molecular weight is 543 g/mol. The number of non-ortho nitro benzene ring substituents is 1. The highest BCUT2D eigenvalue weighted by molar-refractivity contribution is 6.06. The van der Waals surface area contributed by atoms with E-state index in [-0.39, 0.29) is 5.69 Å². The van der Waals surface area contributed by atoms with Crippen molar-refractivity contribution in [3.63, 3.8) is 0 Å². The molecular weight excluding hydrogens is 516 g/mol. The van der Waals surface area contributed by atoms with Crippen molar-refractivity contribution >= 4 is 23.2 Å². The zero-order valence-corrected chi connectivity index (χ0v) is 22.2. The minimum atomic E-state index is -0.827. The summed E-state index contributed by atoms with van der Waals surface area (Å²) in [6.07, 6.45) is 0. The lowest BCUT2D eigenvalue weighted by atomic mass is 9.94. The van der Waals surface area contributed by atoms with Crippen LogP contribution < -0.4 is 24.8 Å². The Labute approximate surface area is 229 Å². The molecule has 1 aliphatic rings. The first-order valence-electron chi connectivity index (χ1n) is 12.2. The summed E-state index contributed by atoms with van der Waals surface area (Å²) in [6.45, 7) is 1.75. The summed E-state index contributed by atoms with van der Waals surface area (Å²) in [5, 5.41) is 22.4. The number of hydrogen-bond acceptors (Lipinski definition) is 9. The number of anilines is 2. The molecule has 0 fully saturated rings. The molecule has 40 heavy (non-hydrogen) atoms. The normalized spacial score (nSPS) is 14.2. The maximum absolute atomic E-state index is 13.8. The minimum Gasteiger partial charge on any atom is -0.495 e. The number of para-hydroxylation sites is 2. The van der Waals surface area contributed by atoms with E-state index in [2.05, 4.69) is 15.6 Å². The van der Waals surface area contributed by atoms with Crippen LogP contribution in [0.2, 0.25) is 0 Å². The molecule has 1 aliphatic heterocycles. The highest BCUT2D eigenvalue weighted by atomic mass is 16.6. The fraction of sp³-hybridized carbons (Fsp3) is 0.179. The highest BCUT2D eigenvalue weighted by Gasteiger charge is 2.35. The number of nitrogens with zero attached hydrogens (tertiary/aromatic N) is 4. The summed E-state index contributed by atoms with van der Waals surface area (Å²) in [7, 11) is 4.60. The summed E-state index contributed by atoms with van der Waals surface area (Å²) in [4.78, 5) is 29.6. The number of nitrogens with one attached hydrogen (secondary N) is 2. The van der Waals surface area contributed by atoms with Gasteiger partial charge < -0.3 is 24.8 Å². The van der Waals surface area contributed by atoms with Crippen molar-refractivity contribution in [3.8, 4) is 28.6 Å². The van der Waals surface area contributed by atoms with Gasteiger partial charge in [-0.2, -0.15) is 4.98 Å². The molecule has 1 amide bonds. The number of fused-ring (bicyclic) bond motifs is 1. The molecule has 2 heterocycles. The van der Waals surface area contributed by atoms with E-state index in [0.717, 1.165) is 0 Å². The van der Waals surface area contributed by atoms with Gasteiger partial charge in [-0.05, 0) is 42.8 Å². The summed E-state index contributed by atoms with van der Waals surface area (Å²) >= 11 is 0. The maximum atomic E-state index is 13.8. The molecule has 12 nitrogen and oxygen atoms in total. The lowest BCUT2D eigenvalue weighted by Gasteiger charge is -2.28. The number of amides is 1. The van der Waals surface area contributed by atoms with Crippen molar-refractivity contribution in [2.75, 3.05) is 32.0 Å². The zero-order chi connectivity index (χ0) is 28.4. The molecule has 0 spiro atoms. The molecule has 5 rings (SSSR count). The Kier molecular flexibility index (Phi) is 7.06. The number of nitro benzene ring substituents is 1. The van der Waals surface area contributed by atoms with Crippen LogP contribution in [-0.2, 0) is 4.79 Å². The van der Waals surface area contributed by atoms with Crippen LogP contribution in [0.1, 0.15) is 18.5 Å². The molecule has 0 saturated heterocycles. The van der Waals surface area contributed by atoms with E-state index in [4.69, 9.17) is 19.3 Å². The average Bonchev–Trinajstić information content (AvgIpc) is 3.39. The molecule has 1 unspecified atom stereocenters. The van der Waals surface area contributed by atoms with E-state index in [0.29, 0.717) is 57.1 Å². The Morgan fingerprint density at radius 2 is 1.73 bits per heavy atom. The largest absolute Gasteiger partial charge is 0.495 e. The summed E-state index contributed by atoms with van der Waals surface area (Å²) < 4.78 is 17.7. The lowest BCUT2D eigenvalue weighted by Crippen LogP contribution is -2.31. The van der Waals surface area contributed by atoms with Gasteiger partial charge in [0.25, 0.3) is 11.6 Å². The number of benzene rings is 3. The standard InChI is InChI=1S/C28H26N6O6/c1-16-24(27(35)30-20-10-5-6-11-21(20)38-2)25(17-8-7-9-19(14-17)34(36)37)33-28(29-16)31-26(32-33)18-12-13-22(39-3)23(15-18)40-4/h5-15,25H,1-4H3,(H,30,35)(H,29,31,32). The number of hydrogen-bond donors (Lipinski definition) is 2. The van der Waals surface area contributed by atoms with Crippen LogP contribution in [0.5, 0.6) is 17.2 Å². The third-order valence-electron chi connectivity index (χ3n) is 6.49. The number of methoxy groups -OCH3 is 3. The van der Waals surface area contributed by atoms with Gasteiger partial charge in [0.1, 0.15) is 11.8 Å². The van der Waals surface area contributed by atoms with Gasteiger partial charge in [0.05, 0.1) is 37.5 Å². The molecule has 0 aliphatic carbocycles. The van der Waals surface area contributed by atoms with Crippen LogP contribution >= 0.6 is 0 Å². The van der Waals surface area contributed by atoms with Crippen molar-refractivity contribution < 1.29 is 23.9 Å². The number of allylic oxidation sites excluding steroid dienone is 1. The van der Waals surface area contributed by atoms with E-state index in [1.54, 1.807) is 73.3 Å². The third kappa shape index (κ3) is 4.77. The predicted octanol–water partition coefficient (Wildman–Crippen LogP) is 4.81. The Hall–Kier alpha value is -5.39. The van der Waals surface area contributed by atoms with Crippen LogP contribution in [0.3, 0.4) is 0 Å². The van der Waals surface area contributed by atoms with Gasteiger partial charge in [-0.1, -0.05) is 24.3 Å². The second kappa shape index (κ2) is 10.8. The van der Waals surface area contributed by atoms with Gasteiger partial charge in [0.15, 0.2) is 17.3 Å². The molecule has 0 saturated carbocycles. The van der Waals surface area contributed by atoms with Gasteiger partial charge >= 0.3 is 0 Å². The second-order valence-corrected chi connectivity index (χ2v) is 8.85. The van der Waals surface area contributed by atoms with Crippen molar-refractivity contribution in [1.82, 2.24) is 14.8 Å². The van der Waals surface area contributed by atoms with Gasteiger partial charge in [0.2, 0.25) is 5.95 Å². The monoisotopic (exact) mass is 542 g/mol. The topological polar surface area (TPSA) is 143 Å². The van der Waals surface area contributed by atoms with Crippen molar-refractivity contribution in [2.24, 2.45) is 0 Å². The van der Waals surface area contributed by atoms with Gasteiger partial charge in [-0.15, -0.1) is 5.10 Å². The molecule has 12 heteroatoms. The van der Waals surface area contributed by atoms with Crippen LogP contribution in [-0.4, -0.2) is 46.9 Å². The number of rotatable bonds is 8. The maximum Gasteiger partial charge on any atom is 0.269 e. The number of ether oxygens (including phenoxy) is 3. The Balaban J connectivity index is 1.63. The van der Waals surface area contributed by atoms with Gasteiger partial charge in [-0.3, -0.25) is 14.9 Å². The number of nitro groups is 1. The van der Waals surface area contributed by atoms with E-state index in [9.17, 15) is 14.9 Å². The number of carbonyl (C=O) groups is 1. The summed E-state index contributed by atoms with van der Waals surface area (Å²) in [5.41, 5.74) is 2.33. The molecule has 1 atom stereocenters. The smallest absolute Gasteiger partial charge is 0.269 e. The highest BCUT2D eigenvalue weighted by Crippen LogP contribution is 2.39. The SMILES string of the molecule is COc1ccccc1NC(=O)C1=C(C)Nc2nc(-c3ccc(OC)c(OC)c3)nn2C1c1cccc([N+](=O)[O-])c1. The number of carbonyl (C=O) groups excluding carboxylic acids is 1. The minimum absolute atomic E-state index is 0.111. The Morgan fingerprint density at radius 3 is 2.45 bits per heavy atom. The fourth-order valence-electron chi connectivity index (χ4n) is 4.60. The fourth-order valence-corrected chi connectivity index (χ4v) is 4.60. The van der Waals surface area contributed by atoms with Crippen LogP contribution in [0, 0.1) is 10.1 Å². The zero-order valence-electron chi connectivity index (χ0n) is 22.2. The second-order valence-electron chi connectivity index (χ2n) is 8.85. The van der Waals surface area contributed by atoms with E-state index in [1.165, 1.54) is 26.4 Å². The van der Waals surface area contributed by atoms with Crippen molar-refractivity contribution in [2.45, 2.75) is 13.0 Å². The molecule has 4 aromatic rings. The van der Waals surface area contributed by atoms with Gasteiger partial charge in [0, 0.05) is 23.4 Å². The molecule has 204 valence electrons. The predicted molar refractivity (Wildman–Crippen MR) is 148 cm³/mol. The van der Waals surface area contributed by atoms with Crippen LogP contribution in [0.25, 0.3) is 11.4 Å².